The van der Waals surface area contributed by atoms with Crippen molar-refractivity contribution in [1.82, 2.24) is 14.6 Å². The summed E-state index contributed by atoms with van der Waals surface area (Å²) in [7, 11) is 0. The lowest BCUT2D eigenvalue weighted by Crippen LogP contribution is -1.91. The average molecular weight is 375 g/mol. The first kappa shape index (κ1) is 16.5. The lowest BCUT2D eigenvalue weighted by molar-refractivity contribution is 1.10. The van der Waals surface area contributed by atoms with E-state index in [-0.39, 0.29) is 0 Å². The van der Waals surface area contributed by atoms with Gasteiger partial charge in [0.2, 0.25) is 0 Å². The van der Waals surface area contributed by atoms with Gasteiger partial charge >= 0.3 is 0 Å². The van der Waals surface area contributed by atoms with Crippen LogP contribution in [0.15, 0.2) is 40.6 Å². The molecule has 0 saturated heterocycles. The van der Waals surface area contributed by atoms with Crippen molar-refractivity contribution in [2.24, 2.45) is 5.10 Å². The van der Waals surface area contributed by atoms with Crippen LogP contribution in [-0.2, 0) is 0 Å². The second-order valence-electron chi connectivity index (χ2n) is 4.59. The zero-order chi connectivity index (χ0) is 16.9. The van der Waals surface area contributed by atoms with E-state index in [1.54, 1.807) is 12.4 Å². The molecule has 0 unspecified atom stereocenters. The summed E-state index contributed by atoms with van der Waals surface area (Å²) in [4.78, 5) is 0. The van der Waals surface area contributed by atoms with E-state index in [2.05, 4.69) is 31.2 Å². The first-order valence-corrected chi connectivity index (χ1v) is 9.12. The number of benzene rings is 1. The van der Waals surface area contributed by atoms with E-state index >= 15 is 0 Å². The topological polar surface area (TPSA) is 89.8 Å². The van der Waals surface area contributed by atoms with E-state index in [4.69, 9.17) is 11.6 Å². The van der Waals surface area contributed by atoms with Gasteiger partial charge in [0.25, 0.3) is 0 Å². The smallest absolute Gasteiger partial charge is 0.148 e. The second kappa shape index (κ2) is 7.49. The molecule has 6 nitrogen and oxygen atoms in total. The molecule has 0 saturated carbocycles. The Bertz CT molecular complexity index is 907. The lowest BCUT2D eigenvalue weighted by Gasteiger charge is -2.00. The van der Waals surface area contributed by atoms with E-state index in [9.17, 15) is 5.26 Å². The fourth-order valence-electron chi connectivity index (χ4n) is 1.99. The molecule has 2 aromatic heterocycles. The monoisotopic (exact) mass is 374 g/mol. The number of H-pyrrole nitrogens is 1. The summed E-state index contributed by atoms with van der Waals surface area (Å²) in [6.07, 6.45) is 5.21. The van der Waals surface area contributed by atoms with Gasteiger partial charge in [0.05, 0.1) is 18.1 Å². The standard InChI is InChI=1S/C15H11ClN6S2/c1-23-15-12(6-17)14(24-22-15)21-19-8-10-7-18-20-13(10)9-2-4-11(16)5-3-9/h2-5,7-8,21H,1H3,(H,18,20). The van der Waals surface area contributed by atoms with Crippen LogP contribution in [0.1, 0.15) is 11.1 Å². The van der Waals surface area contributed by atoms with Crippen LogP contribution in [-0.4, -0.2) is 27.0 Å². The summed E-state index contributed by atoms with van der Waals surface area (Å²) in [6.45, 7) is 0. The second-order valence-corrected chi connectivity index (χ2v) is 6.59. The number of halogens is 1. The van der Waals surface area contributed by atoms with E-state index < -0.39 is 0 Å². The molecule has 0 aliphatic carbocycles. The summed E-state index contributed by atoms with van der Waals surface area (Å²) in [5, 5.41) is 22.4. The molecule has 3 aromatic rings. The number of aromatic amines is 1. The van der Waals surface area contributed by atoms with Gasteiger partial charge in [0.1, 0.15) is 21.7 Å². The fraction of sp³-hybridized carbons (Fsp3) is 0.0667. The molecule has 0 atom stereocenters. The van der Waals surface area contributed by atoms with Gasteiger partial charge in [-0.25, -0.2) is 0 Å². The molecule has 0 spiro atoms. The van der Waals surface area contributed by atoms with Gasteiger partial charge in [0.15, 0.2) is 0 Å². The SMILES string of the molecule is CSc1nsc(NN=Cc2cn[nH]c2-c2ccc(Cl)cc2)c1C#N. The van der Waals surface area contributed by atoms with Crippen molar-refractivity contribution in [3.63, 3.8) is 0 Å². The highest BCUT2D eigenvalue weighted by Gasteiger charge is 2.12. The van der Waals surface area contributed by atoms with E-state index in [0.29, 0.717) is 20.6 Å². The summed E-state index contributed by atoms with van der Waals surface area (Å²) < 4.78 is 4.21. The Labute approximate surface area is 151 Å². The predicted octanol–water partition coefficient (Wildman–Crippen LogP) is 4.23. The van der Waals surface area contributed by atoms with Gasteiger partial charge in [-0.05, 0) is 29.9 Å². The maximum Gasteiger partial charge on any atom is 0.148 e. The number of nitrogens with zero attached hydrogens (tertiary/aromatic N) is 4. The van der Waals surface area contributed by atoms with Crippen LogP contribution in [0.3, 0.4) is 0 Å². The minimum atomic E-state index is 0.509. The summed E-state index contributed by atoms with van der Waals surface area (Å²) >= 11 is 8.55. The maximum atomic E-state index is 9.20. The Morgan fingerprint density at radius 3 is 2.92 bits per heavy atom. The van der Waals surface area contributed by atoms with Crippen LogP contribution < -0.4 is 5.43 Å². The number of hydrogen-bond acceptors (Lipinski definition) is 7. The average Bonchev–Trinajstić information content (AvgIpc) is 3.22. The minimum Gasteiger partial charge on any atom is -0.277 e. The highest BCUT2D eigenvalue weighted by atomic mass is 35.5. The van der Waals surface area contributed by atoms with Crippen LogP contribution in [0.5, 0.6) is 0 Å². The molecule has 120 valence electrons. The highest BCUT2D eigenvalue weighted by molar-refractivity contribution is 7.98. The molecule has 0 radical (unpaired) electrons. The number of nitriles is 1. The van der Waals surface area contributed by atoms with Crippen LogP contribution in [0.4, 0.5) is 5.00 Å². The van der Waals surface area contributed by atoms with E-state index in [1.165, 1.54) is 23.3 Å². The van der Waals surface area contributed by atoms with Crippen LogP contribution >= 0.6 is 34.9 Å². The van der Waals surface area contributed by atoms with Gasteiger partial charge < -0.3 is 0 Å². The van der Waals surface area contributed by atoms with Crippen molar-refractivity contribution in [2.45, 2.75) is 5.03 Å². The Balaban J connectivity index is 1.79. The van der Waals surface area contributed by atoms with E-state index in [0.717, 1.165) is 16.8 Å². The Morgan fingerprint density at radius 2 is 2.21 bits per heavy atom. The van der Waals surface area contributed by atoms with Crippen molar-refractivity contribution in [3.05, 3.63) is 46.6 Å². The molecule has 9 heteroatoms. The summed E-state index contributed by atoms with van der Waals surface area (Å²) in [6, 6.07) is 9.58. The molecule has 0 aliphatic heterocycles. The van der Waals surface area contributed by atoms with Crippen LogP contribution in [0, 0.1) is 11.3 Å². The van der Waals surface area contributed by atoms with Crippen molar-refractivity contribution in [1.29, 1.82) is 5.26 Å². The molecular weight excluding hydrogens is 364 g/mol. The zero-order valence-corrected chi connectivity index (χ0v) is 14.8. The molecule has 0 amide bonds. The molecular formula is C15H11ClN6S2. The normalized spacial score (nSPS) is 10.9. The quantitative estimate of drug-likeness (QED) is 0.396. The van der Waals surface area contributed by atoms with Crippen LogP contribution in [0.25, 0.3) is 11.3 Å². The predicted molar refractivity (Wildman–Crippen MR) is 98.9 cm³/mol. The number of nitrogens with one attached hydrogen (secondary N) is 2. The van der Waals surface area contributed by atoms with Gasteiger partial charge in [0, 0.05) is 16.1 Å². The Kier molecular flexibility index (Phi) is 5.15. The molecule has 0 fully saturated rings. The van der Waals surface area contributed by atoms with Crippen molar-refractivity contribution < 1.29 is 0 Å². The van der Waals surface area contributed by atoms with Crippen molar-refractivity contribution in [2.75, 3.05) is 11.7 Å². The molecule has 2 heterocycles. The number of anilines is 1. The first-order chi connectivity index (χ1) is 11.7. The highest BCUT2D eigenvalue weighted by Crippen LogP contribution is 2.29. The summed E-state index contributed by atoms with van der Waals surface area (Å²) in [5.41, 5.74) is 6.00. The Morgan fingerprint density at radius 1 is 1.42 bits per heavy atom. The molecule has 3 rings (SSSR count). The molecule has 24 heavy (non-hydrogen) atoms. The largest absolute Gasteiger partial charge is 0.277 e. The Hall–Kier alpha value is -2.34. The number of thioether (sulfide) groups is 1. The number of hydrazone groups is 1. The third-order valence-corrected chi connectivity index (χ3v) is 4.94. The lowest BCUT2D eigenvalue weighted by atomic mass is 10.1. The third-order valence-electron chi connectivity index (χ3n) is 3.14. The van der Waals surface area contributed by atoms with Crippen molar-refractivity contribution >= 4 is 46.1 Å². The molecule has 1 aromatic carbocycles. The fourth-order valence-corrected chi connectivity index (χ4v) is 3.54. The van der Waals surface area contributed by atoms with E-state index in [1.807, 2.05) is 30.5 Å². The van der Waals surface area contributed by atoms with Gasteiger partial charge in [-0.1, -0.05) is 23.7 Å². The minimum absolute atomic E-state index is 0.509. The molecule has 0 aliphatic rings. The first-order valence-electron chi connectivity index (χ1n) is 6.75. The van der Waals surface area contributed by atoms with Crippen LogP contribution in [0.2, 0.25) is 5.02 Å². The summed E-state index contributed by atoms with van der Waals surface area (Å²) in [5.74, 6) is 0. The van der Waals surface area contributed by atoms with Crippen molar-refractivity contribution in [3.8, 4) is 17.3 Å². The number of aromatic nitrogens is 3. The maximum absolute atomic E-state index is 9.20. The molecule has 0 bridgehead atoms. The zero-order valence-electron chi connectivity index (χ0n) is 12.4. The van der Waals surface area contributed by atoms with Gasteiger partial charge in [-0.15, -0.1) is 11.8 Å². The number of rotatable bonds is 5. The van der Waals surface area contributed by atoms with Gasteiger partial charge in [-0.2, -0.15) is 19.8 Å². The molecule has 2 N–H and O–H groups in total. The number of hydrogen-bond donors (Lipinski definition) is 2. The third kappa shape index (κ3) is 3.43. The van der Waals surface area contributed by atoms with Gasteiger partial charge in [-0.3, -0.25) is 10.5 Å².